The van der Waals surface area contributed by atoms with E-state index in [9.17, 15) is 4.79 Å². The lowest BCUT2D eigenvalue weighted by atomic mass is 10.2. The molecule has 3 nitrogen and oxygen atoms in total. The zero-order valence-corrected chi connectivity index (χ0v) is 9.09. The monoisotopic (exact) mass is 187 g/mol. The van der Waals surface area contributed by atoms with Crippen LogP contribution in [0, 0.1) is 0 Å². The van der Waals surface area contributed by atoms with Gasteiger partial charge in [0.05, 0.1) is 12.5 Å². The number of carbonyl (C=O) groups is 1. The summed E-state index contributed by atoms with van der Waals surface area (Å²) in [6, 6.07) is 0.210. The molecule has 3 heteroatoms. The lowest BCUT2D eigenvalue weighted by Gasteiger charge is -2.14. The highest BCUT2D eigenvalue weighted by Crippen LogP contribution is 2.00. The molecule has 0 aliphatic rings. The highest BCUT2D eigenvalue weighted by atomic mass is 16.5. The van der Waals surface area contributed by atoms with Gasteiger partial charge in [-0.05, 0) is 26.8 Å². The summed E-state index contributed by atoms with van der Waals surface area (Å²) in [5.74, 6) is -0.109. The molecule has 0 aliphatic carbocycles. The second-order valence-electron chi connectivity index (χ2n) is 3.37. The first kappa shape index (κ1) is 12.4. The highest BCUT2D eigenvalue weighted by molar-refractivity contribution is 5.70. The van der Waals surface area contributed by atoms with Crippen molar-refractivity contribution in [3.05, 3.63) is 0 Å². The van der Waals surface area contributed by atoms with Gasteiger partial charge in [0.15, 0.2) is 0 Å². The minimum Gasteiger partial charge on any atom is -0.463 e. The van der Waals surface area contributed by atoms with Crippen LogP contribution in [0.4, 0.5) is 0 Å². The molecule has 78 valence electrons. The fourth-order valence-electron chi connectivity index (χ4n) is 1.03. The molecule has 0 radical (unpaired) electrons. The van der Waals surface area contributed by atoms with Crippen molar-refractivity contribution in [2.24, 2.45) is 0 Å². The molecule has 0 amide bonds. The Balaban J connectivity index is 3.61. The summed E-state index contributed by atoms with van der Waals surface area (Å²) in [5.41, 5.74) is 0. The predicted molar refractivity (Wildman–Crippen MR) is 53.6 cm³/mol. The molecule has 0 fully saturated rings. The Bertz CT molecular complexity index is 148. The summed E-state index contributed by atoms with van der Waals surface area (Å²) in [4.78, 5) is 11.2. The third kappa shape index (κ3) is 6.58. The second kappa shape index (κ2) is 6.89. The second-order valence-corrected chi connectivity index (χ2v) is 3.37. The van der Waals surface area contributed by atoms with Crippen LogP contribution in [0.1, 0.15) is 40.5 Å². The molecule has 0 aliphatic heterocycles. The van der Waals surface area contributed by atoms with Crippen LogP contribution in [-0.2, 0) is 9.53 Å². The summed E-state index contributed by atoms with van der Waals surface area (Å²) in [6.07, 6.45) is 1.38. The largest absolute Gasteiger partial charge is 0.463 e. The number of ether oxygens (including phenoxy) is 1. The van der Waals surface area contributed by atoms with Gasteiger partial charge in [-0.15, -0.1) is 0 Å². The van der Waals surface area contributed by atoms with Crippen LogP contribution in [0.2, 0.25) is 0 Å². The lowest BCUT2D eigenvalue weighted by molar-refractivity contribution is -0.148. The molecule has 0 aromatic carbocycles. The van der Waals surface area contributed by atoms with Crippen LogP contribution in [0.5, 0.6) is 0 Å². The molecule has 0 rings (SSSR count). The smallest absolute Gasteiger partial charge is 0.307 e. The summed E-state index contributed by atoms with van der Waals surface area (Å²) in [6.45, 7) is 8.82. The zero-order valence-electron chi connectivity index (χ0n) is 9.09. The molecule has 1 N–H and O–H groups in total. The molecule has 0 bridgehead atoms. The first-order chi connectivity index (χ1) is 6.10. The van der Waals surface area contributed by atoms with E-state index in [4.69, 9.17) is 4.74 Å². The quantitative estimate of drug-likeness (QED) is 0.643. The number of esters is 1. The maximum absolute atomic E-state index is 11.2. The fraction of sp³-hybridized carbons (Fsp3) is 0.900. The predicted octanol–water partition coefficient (Wildman–Crippen LogP) is 1.72. The zero-order chi connectivity index (χ0) is 10.3. The van der Waals surface area contributed by atoms with Gasteiger partial charge < -0.3 is 10.1 Å². The number of nitrogens with one attached hydrogen (secondary N) is 1. The standard InChI is InChI=1S/C10H21NO2/c1-5-9(4)13-10(12)7-8(3)11-6-2/h8-9,11H,5-7H2,1-4H3. The minimum atomic E-state index is -0.109. The van der Waals surface area contributed by atoms with Crippen LogP contribution in [0.3, 0.4) is 0 Å². The van der Waals surface area contributed by atoms with Gasteiger partial charge in [-0.3, -0.25) is 4.79 Å². The van der Waals surface area contributed by atoms with Gasteiger partial charge in [-0.25, -0.2) is 0 Å². The Hall–Kier alpha value is -0.570. The fourth-order valence-corrected chi connectivity index (χ4v) is 1.03. The average Bonchev–Trinajstić information content (AvgIpc) is 2.04. The Labute approximate surface area is 80.8 Å². The normalized spacial score (nSPS) is 15.1. The number of rotatable bonds is 6. The molecule has 0 saturated carbocycles. The van der Waals surface area contributed by atoms with Crippen molar-refractivity contribution in [2.45, 2.75) is 52.7 Å². The van der Waals surface area contributed by atoms with Crippen molar-refractivity contribution in [1.82, 2.24) is 5.32 Å². The molecule has 2 unspecified atom stereocenters. The Morgan fingerprint density at radius 2 is 2.00 bits per heavy atom. The van der Waals surface area contributed by atoms with Gasteiger partial charge in [0.1, 0.15) is 0 Å². The lowest BCUT2D eigenvalue weighted by Crippen LogP contribution is -2.29. The molecule has 13 heavy (non-hydrogen) atoms. The third-order valence-corrected chi connectivity index (χ3v) is 1.93. The van der Waals surface area contributed by atoms with Crippen molar-refractivity contribution in [1.29, 1.82) is 0 Å². The Morgan fingerprint density at radius 1 is 1.38 bits per heavy atom. The minimum absolute atomic E-state index is 0.0429. The van der Waals surface area contributed by atoms with E-state index in [1.165, 1.54) is 0 Å². The van der Waals surface area contributed by atoms with Gasteiger partial charge >= 0.3 is 5.97 Å². The molecule has 0 saturated heterocycles. The van der Waals surface area contributed by atoms with Crippen molar-refractivity contribution < 1.29 is 9.53 Å². The average molecular weight is 187 g/mol. The van der Waals surface area contributed by atoms with Crippen molar-refractivity contribution in [2.75, 3.05) is 6.54 Å². The maximum Gasteiger partial charge on any atom is 0.307 e. The van der Waals surface area contributed by atoms with Gasteiger partial charge in [0, 0.05) is 6.04 Å². The van der Waals surface area contributed by atoms with Gasteiger partial charge in [-0.2, -0.15) is 0 Å². The third-order valence-electron chi connectivity index (χ3n) is 1.93. The Kier molecular flexibility index (Phi) is 6.59. The van der Waals surface area contributed by atoms with E-state index in [2.05, 4.69) is 5.32 Å². The van der Waals surface area contributed by atoms with Crippen LogP contribution >= 0.6 is 0 Å². The van der Waals surface area contributed by atoms with E-state index in [0.717, 1.165) is 13.0 Å². The highest BCUT2D eigenvalue weighted by Gasteiger charge is 2.11. The van der Waals surface area contributed by atoms with Crippen LogP contribution in [0.25, 0.3) is 0 Å². The molecule has 0 aromatic heterocycles. The summed E-state index contributed by atoms with van der Waals surface area (Å²) in [5, 5.41) is 3.17. The van der Waals surface area contributed by atoms with E-state index in [0.29, 0.717) is 6.42 Å². The van der Waals surface area contributed by atoms with Crippen molar-refractivity contribution >= 4 is 5.97 Å². The SMILES string of the molecule is CCNC(C)CC(=O)OC(C)CC. The first-order valence-corrected chi connectivity index (χ1v) is 5.03. The first-order valence-electron chi connectivity index (χ1n) is 5.03. The summed E-state index contributed by atoms with van der Waals surface area (Å²) >= 11 is 0. The number of carbonyl (C=O) groups excluding carboxylic acids is 1. The Morgan fingerprint density at radius 3 is 2.46 bits per heavy atom. The van der Waals surface area contributed by atoms with E-state index < -0.39 is 0 Å². The molecule has 0 aromatic rings. The van der Waals surface area contributed by atoms with Crippen LogP contribution in [0.15, 0.2) is 0 Å². The van der Waals surface area contributed by atoms with E-state index in [-0.39, 0.29) is 18.1 Å². The number of hydrogen-bond acceptors (Lipinski definition) is 3. The molecule has 2 atom stereocenters. The summed E-state index contributed by atoms with van der Waals surface area (Å²) < 4.78 is 5.14. The van der Waals surface area contributed by atoms with Crippen molar-refractivity contribution in [3.8, 4) is 0 Å². The topological polar surface area (TPSA) is 38.3 Å². The molecule has 0 heterocycles. The van der Waals surface area contributed by atoms with Gasteiger partial charge in [0.2, 0.25) is 0 Å². The van der Waals surface area contributed by atoms with Crippen LogP contribution < -0.4 is 5.32 Å². The van der Waals surface area contributed by atoms with Crippen LogP contribution in [-0.4, -0.2) is 24.7 Å². The van der Waals surface area contributed by atoms with Crippen molar-refractivity contribution in [3.63, 3.8) is 0 Å². The van der Waals surface area contributed by atoms with Gasteiger partial charge in [0.25, 0.3) is 0 Å². The van der Waals surface area contributed by atoms with E-state index in [1.807, 2.05) is 27.7 Å². The summed E-state index contributed by atoms with van der Waals surface area (Å²) in [7, 11) is 0. The number of hydrogen-bond donors (Lipinski definition) is 1. The molecule has 0 spiro atoms. The maximum atomic E-state index is 11.2. The molecular weight excluding hydrogens is 166 g/mol. The van der Waals surface area contributed by atoms with E-state index in [1.54, 1.807) is 0 Å². The van der Waals surface area contributed by atoms with E-state index >= 15 is 0 Å². The molecular formula is C10H21NO2. The van der Waals surface area contributed by atoms with Gasteiger partial charge in [-0.1, -0.05) is 13.8 Å².